The molecular formula is C23H19Br2ClN2OS. The van der Waals surface area contributed by atoms with Gasteiger partial charge in [-0.1, -0.05) is 43.5 Å². The fourth-order valence-corrected chi connectivity index (χ4v) is 5.25. The molecule has 0 radical (unpaired) electrons. The van der Waals surface area contributed by atoms with Crippen LogP contribution in [0.4, 0.5) is 0 Å². The Labute approximate surface area is 201 Å². The van der Waals surface area contributed by atoms with Crippen LogP contribution in [0.3, 0.4) is 0 Å². The molecule has 0 aliphatic rings. The van der Waals surface area contributed by atoms with Crippen LogP contribution in [0.5, 0.6) is 11.5 Å². The van der Waals surface area contributed by atoms with E-state index in [2.05, 4.69) is 59.9 Å². The molecule has 30 heavy (non-hydrogen) atoms. The minimum absolute atomic E-state index is 0.775. The van der Waals surface area contributed by atoms with Gasteiger partial charge in [-0.25, -0.2) is 0 Å². The zero-order chi connectivity index (χ0) is 20.9. The molecule has 0 unspecified atom stereocenters. The number of ether oxygens (including phenoxy) is 1. The molecule has 0 aliphatic carbocycles. The van der Waals surface area contributed by atoms with Crippen molar-refractivity contribution in [1.29, 1.82) is 0 Å². The molecule has 0 atom stereocenters. The number of nitrogens with one attached hydrogen (secondary N) is 2. The third-order valence-corrected chi connectivity index (χ3v) is 6.55. The molecule has 0 spiro atoms. The van der Waals surface area contributed by atoms with E-state index in [9.17, 15) is 0 Å². The molecule has 4 rings (SSSR count). The van der Waals surface area contributed by atoms with Crippen LogP contribution in [0.15, 0.2) is 80.7 Å². The van der Waals surface area contributed by atoms with Gasteiger partial charge in [0.1, 0.15) is 11.5 Å². The summed E-state index contributed by atoms with van der Waals surface area (Å²) in [5, 5.41) is 1.99. The fourth-order valence-electron chi connectivity index (χ4n) is 3.14. The maximum atomic E-state index is 6.13. The molecule has 7 heteroatoms. The van der Waals surface area contributed by atoms with E-state index in [1.54, 1.807) is 11.9 Å². The Balaban J connectivity index is 1.24. The van der Waals surface area contributed by atoms with Gasteiger partial charge in [-0.3, -0.25) is 4.72 Å². The Morgan fingerprint density at radius 2 is 1.70 bits per heavy atom. The van der Waals surface area contributed by atoms with Gasteiger partial charge < -0.3 is 9.72 Å². The maximum Gasteiger partial charge on any atom is 0.129 e. The van der Waals surface area contributed by atoms with Crippen molar-refractivity contribution in [3.63, 3.8) is 0 Å². The lowest BCUT2D eigenvalue weighted by Gasteiger charge is -2.08. The van der Waals surface area contributed by atoms with Gasteiger partial charge in [0.25, 0.3) is 0 Å². The number of aromatic amines is 1. The molecular weight excluding hydrogens is 548 g/mol. The van der Waals surface area contributed by atoms with E-state index < -0.39 is 0 Å². The van der Waals surface area contributed by atoms with Crippen LogP contribution in [0.25, 0.3) is 10.9 Å². The van der Waals surface area contributed by atoms with E-state index in [0.717, 1.165) is 55.3 Å². The van der Waals surface area contributed by atoms with Crippen molar-refractivity contribution in [2.24, 2.45) is 0 Å². The van der Waals surface area contributed by atoms with Gasteiger partial charge in [0, 0.05) is 42.5 Å². The molecule has 1 aromatic heterocycles. The molecule has 154 valence electrons. The maximum absolute atomic E-state index is 6.13. The van der Waals surface area contributed by atoms with Gasteiger partial charge in [0.2, 0.25) is 0 Å². The third-order valence-electron chi connectivity index (χ3n) is 4.54. The van der Waals surface area contributed by atoms with Crippen LogP contribution in [-0.2, 0) is 6.42 Å². The predicted molar refractivity (Wildman–Crippen MR) is 134 cm³/mol. The van der Waals surface area contributed by atoms with Crippen LogP contribution in [0, 0.1) is 0 Å². The van der Waals surface area contributed by atoms with Gasteiger partial charge >= 0.3 is 0 Å². The zero-order valence-corrected chi connectivity index (χ0v) is 20.7. The lowest BCUT2D eigenvalue weighted by Crippen LogP contribution is -2.06. The van der Waals surface area contributed by atoms with Crippen molar-refractivity contribution in [2.45, 2.75) is 17.7 Å². The van der Waals surface area contributed by atoms with Crippen molar-refractivity contribution >= 4 is 66.3 Å². The first kappa shape index (κ1) is 21.8. The van der Waals surface area contributed by atoms with Crippen molar-refractivity contribution in [1.82, 2.24) is 9.71 Å². The standard InChI is InChI=1S/C23H19Br2ClN2OS/c24-16-10-17(25)12-20(11-16)29-19-4-6-21(7-5-19)30-28-9-1-2-15-14-27-23-8-3-18(26)13-22(15)23/h3-8,10-14,27-28H,1-2,9H2. The highest BCUT2D eigenvalue weighted by Crippen LogP contribution is 2.30. The van der Waals surface area contributed by atoms with Crippen LogP contribution in [-0.4, -0.2) is 11.5 Å². The van der Waals surface area contributed by atoms with Crippen molar-refractivity contribution in [3.8, 4) is 11.5 Å². The molecule has 0 amide bonds. The number of aromatic nitrogens is 1. The summed E-state index contributed by atoms with van der Waals surface area (Å²) in [5.74, 6) is 1.59. The first-order chi connectivity index (χ1) is 14.6. The fraction of sp³-hybridized carbons (Fsp3) is 0.130. The van der Waals surface area contributed by atoms with Crippen LogP contribution in [0.1, 0.15) is 12.0 Å². The lowest BCUT2D eigenvalue weighted by atomic mass is 10.1. The largest absolute Gasteiger partial charge is 0.457 e. The van der Waals surface area contributed by atoms with Gasteiger partial charge in [-0.15, -0.1) is 0 Å². The number of fused-ring (bicyclic) bond motifs is 1. The van der Waals surface area contributed by atoms with E-state index >= 15 is 0 Å². The smallest absolute Gasteiger partial charge is 0.129 e. The van der Waals surface area contributed by atoms with E-state index in [0.29, 0.717) is 0 Å². The summed E-state index contributed by atoms with van der Waals surface area (Å²) in [4.78, 5) is 4.46. The van der Waals surface area contributed by atoms with E-state index in [1.165, 1.54) is 10.9 Å². The Morgan fingerprint density at radius 3 is 2.47 bits per heavy atom. The minimum Gasteiger partial charge on any atom is -0.457 e. The second kappa shape index (κ2) is 10.2. The Hall–Kier alpha value is -1.44. The quantitative estimate of drug-likeness (QED) is 0.166. The van der Waals surface area contributed by atoms with E-state index in [4.69, 9.17) is 16.3 Å². The summed E-state index contributed by atoms with van der Waals surface area (Å²) in [7, 11) is 0. The second-order valence-corrected chi connectivity index (χ2v) is 10.0. The summed E-state index contributed by atoms with van der Waals surface area (Å²) >= 11 is 14.7. The first-order valence-corrected chi connectivity index (χ1v) is 12.2. The van der Waals surface area contributed by atoms with Crippen molar-refractivity contribution in [3.05, 3.63) is 86.4 Å². The Bertz CT molecular complexity index is 1130. The molecule has 0 saturated heterocycles. The summed E-state index contributed by atoms with van der Waals surface area (Å²) in [6.07, 6.45) is 4.13. The number of halogens is 3. The number of hydrogen-bond donors (Lipinski definition) is 2. The Kier molecular flexibility index (Phi) is 7.44. The highest BCUT2D eigenvalue weighted by molar-refractivity contribution is 9.11. The number of aryl methyl sites for hydroxylation is 1. The molecule has 0 saturated carbocycles. The summed E-state index contributed by atoms with van der Waals surface area (Å²) in [6.45, 7) is 0.919. The molecule has 4 aromatic rings. The first-order valence-electron chi connectivity index (χ1n) is 9.46. The molecule has 2 N–H and O–H groups in total. The molecule has 0 bridgehead atoms. The topological polar surface area (TPSA) is 37.0 Å². The Morgan fingerprint density at radius 1 is 0.933 bits per heavy atom. The number of rotatable bonds is 8. The van der Waals surface area contributed by atoms with Gasteiger partial charge in [0.05, 0.1) is 0 Å². The molecule has 3 nitrogen and oxygen atoms in total. The average Bonchev–Trinajstić information content (AvgIpc) is 3.10. The molecule has 1 heterocycles. The summed E-state index contributed by atoms with van der Waals surface area (Å²) in [5.41, 5.74) is 2.44. The van der Waals surface area contributed by atoms with Crippen molar-refractivity contribution < 1.29 is 4.74 Å². The van der Waals surface area contributed by atoms with E-state index in [1.807, 2.05) is 48.5 Å². The monoisotopic (exact) mass is 564 g/mol. The summed E-state index contributed by atoms with van der Waals surface area (Å²) < 4.78 is 11.3. The van der Waals surface area contributed by atoms with Crippen LogP contribution in [0.2, 0.25) is 5.02 Å². The molecule has 0 aliphatic heterocycles. The zero-order valence-electron chi connectivity index (χ0n) is 15.9. The average molecular weight is 567 g/mol. The van der Waals surface area contributed by atoms with Gasteiger partial charge in [-0.05, 0) is 91.0 Å². The minimum atomic E-state index is 0.775. The second-order valence-electron chi connectivity index (χ2n) is 6.78. The highest BCUT2D eigenvalue weighted by Gasteiger charge is 2.05. The summed E-state index contributed by atoms with van der Waals surface area (Å²) in [6, 6.07) is 19.9. The number of hydrogen-bond acceptors (Lipinski definition) is 3. The predicted octanol–water partition coefficient (Wildman–Crippen LogP) is 8.37. The SMILES string of the molecule is Clc1ccc2[nH]cc(CCCNSc3ccc(Oc4cc(Br)cc(Br)c4)cc3)c2c1. The van der Waals surface area contributed by atoms with Crippen LogP contribution >= 0.6 is 55.4 Å². The molecule has 0 fully saturated rings. The van der Waals surface area contributed by atoms with Crippen molar-refractivity contribution in [2.75, 3.05) is 6.54 Å². The number of benzene rings is 3. The normalized spacial score (nSPS) is 11.2. The lowest BCUT2D eigenvalue weighted by molar-refractivity contribution is 0.481. The molecule has 3 aromatic carbocycles. The number of H-pyrrole nitrogens is 1. The highest BCUT2D eigenvalue weighted by atomic mass is 79.9. The van der Waals surface area contributed by atoms with Crippen LogP contribution < -0.4 is 9.46 Å². The van der Waals surface area contributed by atoms with Gasteiger partial charge in [-0.2, -0.15) is 0 Å². The third kappa shape index (κ3) is 5.83. The van der Waals surface area contributed by atoms with E-state index in [-0.39, 0.29) is 0 Å². The van der Waals surface area contributed by atoms with Gasteiger partial charge in [0.15, 0.2) is 0 Å².